The van der Waals surface area contributed by atoms with Crippen LogP contribution in [0.25, 0.3) is 0 Å². The second kappa shape index (κ2) is 4.55. The third-order valence-electron chi connectivity index (χ3n) is 2.11. The maximum Gasteiger partial charge on any atom is 0.0701 e. The summed E-state index contributed by atoms with van der Waals surface area (Å²) < 4.78 is 6.51. The minimum absolute atomic E-state index is 0.881. The predicted octanol–water partition coefficient (Wildman–Crippen LogP) is 2.34. The van der Waals surface area contributed by atoms with Crippen LogP contribution in [0.15, 0.2) is 15.9 Å². The van der Waals surface area contributed by atoms with Gasteiger partial charge in [-0.1, -0.05) is 0 Å². The molecule has 13 heavy (non-hydrogen) atoms. The summed E-state index contributed by atoms with van der Waals surface area (Å²) in [7, 11) is 0. The number of rotatable bonds is 2. The monoisotopic (exact) mass is 261 g/mol. The summed E-state index contributed by atoms with van der Waals surface area (Å²) in [5.41, 5.74) is 0. The zero-order valence-electron chi connectivity index (χ0n) is 7.33. The Kier molecular flexibility index (Phi) is 3.38. The van der Waals surface area contributed by atoms with E-state index in [-0.39, 0.29) is 0 Å². The first-order valence-electron chi connectivity index (χ1n) is 4.39. The van der Waals surface area contributed by atoms with Gasteiger partial charge in [0, 0.05) is 24.5 Å². The van der Waals surface area contributed by atoms with E-state index in [1.54, 1.807) is 0 Å². The van der Waals surface area contributed by atoms with Gasteiger partial charge in [-0.25, -0.2) is 0 Å². The molecule has 1 aliphatic heterocycles. The summed E-state index contributed by atoms with van der Waals surface area (Å²) in [6.45, 7) is 4.96. The lowest BCUT2D eigenvalue weighted by Gasteiger charge is -2.25. The fourth-order valence-electron chi connectivity index (χ4n) is 1.42. The topological polar surface area (TPSA) is 12.5 Å². The van der Waals surface area contributed by atoms with Crippen molar-refractivity contribution in [2.45, 2.75) is 6.54 Å². The molecule has 0 aromatic carbocycles. The number of halogens is 1. The Morgan fingerprint density at radius 3 is 2.77 bits per heavy atom. The number of nitrogens with zero attached hydrogens (tertiary/aromatic N) is 1. The molecule has 0 amide bonds. The van der Waals surface area contributed by atoms with Gasteiger partial charge in [-0.05, 0) is 28.1 Å². The minimum atomic E-state index is 0.881. The smallest absolute Gasteiger partial charge is 0.0701 e. The van der Waals surface area contributed by atoms with Crippen LogP contribution in [0, 0.1) is 0 Å². The van der Waals surface area contributed by atoms with Gasteiger partial charge in [-0.3, -0.25) is 4.90 Å². The number of thiophene rings is 1. The van der Waals surface area contributed by atoms with Crippen LogP contribution in [0.4, 0.5) is 0 Å². The van der Waals surface area contributed by atoms with Crippen LogP contribution in [-0.2, 0) is 11.3 Å². The van der Waals surface area contributed by atoms with Gasteiger partial charge >= 0.3 is 0 Å². The molecule has 1 saturated heterocycles. The van der Waals surface area contributed by atoms with E-state index in [2.05, 4.69) is 33.0 Å². The van der Waals surface area contributed by atoms with Crippen LogP contribution in [0.5, 0.6) is 0 Å². The van der Waals surface area contributed by atoms with E-state index < -0.39 is 0 Å². The van der Waals surface area contributed by atoms with Crippen LogP contribution in [0.1, 0.15) is 4.88 Å². The van der Waals surface area contributed by atoms with Crippen molar-refractivity contribution >= 4 is 27.3 Å². The first kappa shape index (κ1) is 9.65. The molecule has 1 aliphatic rings. The van der Waals surface area contributed by atoms with E-state index in [0.717, 1.165) is 32.8 Å². The molecular formula is C9H12BrNOS. The fraction of sp³-hybridized carbons (Fsp3) is 0.556. The van der Waals surface area contributed by atoms with Crippen molar-refractivity contribution in [3.05, 3.63) is 20.8 Å². The average Bonchev–Trinajstić information content (AvgIpc) is 2.53. The normalized spacial score (nSPS) is 19.2. The Bertz CT molecular complexity index is 270. The Hall–Kier alpha value is 0.1000. The van der Waals surface area contributed by atoms with E-state index in [0.29, 0.717) is 0 Å². The first-order valence-corrected chi connectivity index (χ1v) is 6.00. The minimum Gasteiger partial charge on any atom is -0.379 e. The second-order valence-electron chi connectivity index (χ2n) is 3.09. The highest BCUT2D eigenvalue weighted by Crippen LogP contribution is 2.23. The molecule has 4 heteroatoms. The highest BCUT2D eigenvalue weighted by Gasteiger charge is 2.11. The van der Waals surface area contributed by atoms with Gasteiger partial charge in [0.1, 0.15) is 0 Å². The Balaban J connectivity index is 1.89. The maximum absolute atomic E-state index is 5.30. The summed E-state index contributed by atoms with van der Waals surface area (Å²) in [5.74, 6) is 0. The van der Waals surface area contributed by atoms with Crippen LogP contribution < -0.4 is 0 Å². The largest absolute Gasteiger partial charge is 0.379 e. The standard InChI is InChI=1S/C9H12BrNOS/c10-9-2-1-8(13-9)7-11-3-5-12-6-4-11/h1-2H,3-7H2. The Morgan fingerprint density at radius 1 is 1.38 bits per heavy atom. The molecule has 0 N–H and O–H groups in total. The quantitative estimate of drug-likeness (QED) is 0.811. The predicted molar refractivity (Wildman–Crippen MR) is 58.1 cm³/mol. The second-order valence-corrected chi connectivity index (χ2v) is 5.64. The van der Waals surface area contributed by atoms with E-state index >= 15 is 0 Å². The van der Waals surface area contributed by atoms with Gasteiger partial charge in [-0.15, -0.1) is 11.3 Å². The van der Waals surface area contributed by atoms with Crippen molar-refractivity contribution in [2.24, 2.45) is 0 Å². The lowest BCUT2D eigenvalue weighted by atomic mass is 10.4. The van der Waals surface area contributed by atoms with E-state index in [9.17, 15) is 0 Å². The van der Waals surface area contributed by atoms with Crippen LogP contribution >= 0.6 is 27.3 Å². The summed E-state index contributed by atoms with van der Waals surface area (Å²) in [6.07, 6.45) is 0. The van der Waals surface area contributed by atoms with Gasteiger partial charge in [0.15, 0.2) is 0 Å². The number of morpholine rings is 1. The maximum atomic E-state index is 5.30. The number of hydrogen-bond acceptors (Lipinski definition) is 3. The zero-order valence-corrected chi connectivity index (χ0v) is 9.73. The van der Waals surface area contributed by atoms with E-state index in [4.69, 9.17) is 4.74 Å². The van der Waals surface area contributed by atoms with Crippen molar-refractivity contribution in [1.82, 2.24) is 4.90 Å². The molecule has 1 aromatic rings. The van der Waals surface area contributed by atoms with E-state index in [1.165, 1.54) is 8.66 Å². The molecule has 1 fully saturated rings. The molecule has 0 unspecified atom stereocenters. The molecular weight excluding hydrogens is 250 g/mol. The third kappa shape index (κ3) is 2.77. The van der Waals surface area contributed by atoms with Crippen LogP contribution in [-0.4, -0.2) is 31.2 Å². The van der Waals surface area contributed by atoms with Crippen LogP contribution in [0.2, 0.25) is 0 Å². The SMILES string of the molecule is Brc1ccc(CN2CCOCC2)s1. The van der Waals surface area contributed by atoms with E-state index in [1.807, 2.05) is 11.3 Å². The van der Waals surface area contributed by atoms with Crippen molar-refractivity contribution in [1.29, 1.82) is 0 Å². The first-order chi connectivity index (χ1) is 6.34. The Labute approximate surface area is 90.6 Å². The fourth-order valence-corrected chi connectivity index (χ4v) is 2.94. The third-order valence-corrected chi connectivity index (χ3v) is 3.72. The molecule has 1 aromatic heterocycles. The molecule has 0 saturated carbocycles. The summed E-state index contributed by atoms with van der Waals surface area (Å²) in [5, 5.41) is 0. The molecule has 0 spiro atoms. The molecule has 0 radical (unpaired) electrons. The molecule has 2 nitrogen and oxygen atoms in total. The van der Waals surface area contributed by atoms with Crippen molar-refractivity contribution in [2.75, 3.05) is 26.3 Å². The summed E-state index contributed by atoms with van der Waals surface area (Å²) in [4.78, 5) is 3.86. The number of ether oxygens (including phenoxy) is 1. The summed E-state index contributed by atoms with van der Waals surface area (Å²) in [6, 6.07) is 4.30. The number of hydrogen-bond donors (Lipinski definition) is 0. The summed E-state index contributed by atoms with van der Waals surface area (Å²) >= 11 is 5.29. The molecule has 0 atom stereocenters. The Morgan fingerprint density at radius 2 is 2.15 bits per heavy atom. The average molecular weight is 262 g/mol. The highest BCUT2D eigenvalue weighted by atomic mass is 79.9. The van der Waals surface area contributed by atoms with Crippen molar-refractivity contribution in [3.63, 3.8) is 0 Å². The van der Waals surface area contributed by atoms with Gasteiger partial charge in [0.25, 0.3) is 0 Å². The highest BCUT2D eigenvalue weighted by molar-refractivity contribution is 9.11. The van der Waals surface area contributed by atoms with Gasteiger partial charge in [-0.2, -0.15) is 0 Å². The lowest BCUT2D eigenvalue weighted by molar-refractivity contribution is 0.0346. The molecule has 2 rings (SSSR count). The molecule has 0 aliphatic carbocycles. The van der Waals surface area contributed by atoms with Gasteiger partial charge in [0.2, 0.25) is 0 Å². The van der Waals surface area contributed by atoms with Crippen molar-refractivity contribution in [3.8, 4) is 0 Å². The van der Waals surface area contributed by atoms with Crippen molar-refractivity contribution < 1.29 is 4.74 Å². The molecule has 2 heterocycles. The molecule has 72 valence electrons. The molecule has 0 bridgehead atoms. The van der Waals surface area contributed by atoms with Crippen LogP contribution in [0.3, 0.4) is 0 Å². The zero-order chi connectivity index (χ0) is 9.10. The lowest BCUT2D eigenvalue weighted by Crippen LogP contribution is -2.35. The van der Waals surface area contributed by atoms with Gasteiger partial charge in [0.05, 0.1) is 17.0 Å². The van der Waals surface area contributed by atoms with Gasteiger partial charge < -0.3 is 4.74 Å².